The molecule has 0 atom stereocenters. The van der Waals surface area contributed by atoms with E-state index in [0.717, 1.165) is 12.8 Å². The van der Waals surface area contributed by atoms with Gasteiger partial charge in [0, 0.05) is 6.04 Å². The van der Waals surface area contributed by atoms with E-state index >= 15 is 0 Å². The zero-order valence-electron chi connectivity index (χ0n) is 13.6. The van der Waals surface area contributed by atoms with Crippen LogP contribution in [0.3, 0.4) is 0 Å². The lowest BCUT2D eigenvalue weighted by molar-refractivity contribution is 0.103. The summed E-state index contributed by atoms with van der Waals surface area (Å²) in [4.78, 5) is 13.1. The number of amides is 1. The van der Waals surface area contributed by atoms with Crippen LogP contribution in [0, 0.1) is 3.95 Å². The van der Waals surface area contributed by atoms with Crippen molar-refractivity contribution >= 4 is 41.0 Å². The minimum atomic E-state index is -0.248. The summed E-state index contributed by atoms with van der Waals surface area (Å²) >= 11 is 6.75. The second kappa shape index (κ2) is 7.36. The van der Waals surface area contributed by atoms with E-state index in [1.54, 1.807) is 19.2 Å². The molecule has 1 saturated carbocycles. The Morgan fingerprint density at radius 3 is 2.75 bits per heavy atom. The lowest BCUT2D eigenvalue weighted by Crippen LogP contribution is -2.18. The van der Waals surface area contributed by atoms with E-state index in [0.29, 0.717) is 32.1 Å². The number of methoxy groups -OCH3 is 1. The third kappa shape index (κ3) is 3.32. The first-order valence-corrected chi connectivity index (χ1v) is 9.29. The molecular formula is C17H21N3O2S2. The first-order chi connectivity index (χ1) is 11.6. The van der Waals surface area contributed by atoms with Crippen molar-refractivity contribution in [2.24, 2.45) is 0 Å². The molecule has 1 aromatic heterocycles. The number of nitrogens with one attached hydrogen (secondary N) is 1. The number of para-hydroxylation sites is 2. The number of rotatable bonds is 4. The molecule has 1 fully saturated rings. The molecule has 1 amide bonds. The number of nitrogens with two attached hydrogens (primary N) is 1. The quantitative estimate of drug-likeness (QED) is 0.777. The van der Waals surface area contributed by atoms with Crippen molar-refractivity contribution in [1.82, 2.24) is 4.57 Å². The summed E-state index contributed by atoms with van der Waals surface area (Å²) < 4.78 is 7.91. The summed E-state index contributed by atoms with van der Waals surface area (Å²) in [6.45, 7) is 0. The topological polar surface area (TPSA) is 69.3 Å². The zero-order chi connectivity index (χ0) is 17.1. The molecule has 1 aliphatic carbocycles. The molecule has 128 valence electrons. The van der Waals surface area contributed by atoms with Gasteiger partial charge in [0.2, 0.25) is 0 Å². The maximum atomic E-state index is 12.7. The van der Waals surface area contributed by atoms with E-state index in [9.17, 15) is 4.79 Å². The van der Waals surface area contributed by atoms with Crippen LogP contribution in [0.25, 0.3) is 0 Å². The van der Waals surface area contributed by atoms with Gasteiger partial charge in [-0.2, -0.15) is 0 Å². The number of aromatic nitrogens is 1. The van der Waals surface area contributed by atoms with Gasteiger partial charge in [-0.1, -0.05) is 42.7 Å². The Bertz CT molecular complexity index is 791. The number of nitrogens with zero attached hydrogens (tertiary/aromatic N) is 1. The summed E-state index contributed by atoms with van der Waals surface area (Å²) in [7, 11) is 1.57. The third-order valence-electron chi connectivity index (χ3n) is 4.38. The zero-order valence-corrected chi connectivity index (χ0v) is 15.2. The van der Waals surface area contributed by atoms with Gasteiger partial charge >= 0.3 is 0 Å². The van der Waals surface area contributed by atoms with Crippen LogP contribution in [0.1, 0.15) is 47.8 Å². The minimum absolute atomic E-state index is 0.248. The molecule has 0 saturated heterocycles. The average Bonchev–Trinajstić information content (AvgIpc) is 2.90. The van der Waals surface area contributed by atoms with Crippen molar-refractivity contribution in [3.05, 3.63) is 33.1 Å². The average molecular weight is 364 g/mol. The van der Waals surface area contributed by atoms with E-state index in [4.69, 9.17) is 22.7 Å². The molecule has 1 aromatic carbocycles. The van der Waals surface area contributed by atoms with Crippen LogP contribution in [-0.4, -0.2) is 17.6 Å². The fourth-order valence-corrected chi connectivity index (χ4v) is 4.54. The predicted molar refractivity (Wildman–Crippen MR) is 101 cm³/mol. The monoisotopic (exact) mass is 363 g/mol. The van der Waals surface area contributed by atoms with Crippen LogP contribution in [0.2, 0.25) is 0 Å². The molecule has 0 aliphatic heterocycles. The lowest BCUT2D eigenvalue weighted by atomic mass is 9.95. The Labute approximate surface area is 150 Å². The van der Waals surface area contributed by atoms with E-state index in [-0.39, 0.29) is 5.91 Å². The van der Waals surface area contributed by atoms with Crippen molar-refractivity contribution in [2.45, 2.75) is 38.1 Å². The molecule has 24 heavy (non-hydrogen) atoms. The second-order valence-corrected chi connectivity index (χ2v) is 7.54. The highest BCUT2D eigenvalue weighted by Crippen LogP contribution is 2.35. The number of ether oxygens (including phenoxy) is 1. The molecule has 0 spiro atoms. The van der Waals surface area contributed by atoms with Gasteiger partial charge in [0.05, 0.1) is 12.8 Å². The number of carbonyl (C=O) groups excluding carboxylic acids is 1. The molecule has 7 heteroatoms. The highest BCUT2D eigenvalue weighted by Gasteiger charge is 2.24. The van der Waals surface area contributed by atoms with Gasteiger partial charge in [0.15, 0.2) is 3.95 Å². The number of carbonyl (C=O) groups is 1. The first kappa shape index (κ1) is 17.0. The van der Waals surface area contributed by atoms with Gasteiger partial charge in [-0.25, -0.2) is 0 Å². The fraction of sp³-hybridized carbons (Fsp3) is 0.412. The standard InChI is InChI=1S/C17H21N3O2S2/c1-22-13-10-6-5-9-12(13)19-16(21)14-15(18)20(17(23)24-14)11-7-3-2-4-8-11/h5-6,9-11H,2-4,7-8,18H2,1H3,(H,19,21). The Kier molecular flexibility index (Phi) is 5.20. The van der Waals surface area contributed by atoms with E-state index < -0.39 is 0 Å². The highest BCUT2D eigenvalue weighted by molar-refractivity contribution is 7.73. The van der Waals surface area contributed by atoms with Crippen LogP contribution in [-0.2, 0) is 0 Å². The number of benzene rings is 1. The molecule has 0 radical (unpaired) electrons. The fourth-order valence-electron chi connectivity index (χ4n) is 3.17. The molecule has 0 bridgehead atoms. The van der Waals surface area contributed by atoms with Crippen molar-refractivity contribution in [1.29, 1.82) is 0 Å². The third-order valence-corrected chi connectivity index (χ3v) is 5.80. The van der Waals surface area contributed by atoms with Crippen molar-refractivity contribution in [2.75, 3.05) is 18.2 Å². The summed E-state index contributed by atoms with van der Waals surface area (Å²) in [5.74, 6) is 0.840. The number of nitrogen functional groups attached to an aromatic ring is 1. The number of thiazole rings is 1. The van der Waals surface area contributed by atoms with Gasteiger partial charge in [-0.3, -0.25) is 4.79 Å². The number of anilines is 2. The van der Waals surface area contributed by atoms with Crippen molar-refractivity contribution in [3.63, 3.8) is 0 Å². The van der Waals surface area contributed by atoms with Crippen molar-refractivity contribution < 1.29 is 9.53 Å². The van der Waals surface area contributed by atoms with Crippen LogP contribution in [0.15, 0.2) is 24.3 Å². The van der Waals surface area contributed by atoms with E-state index in [1.165, 1.54) is 30.6 Å². The Balaban J connectivity index is 1.87. The highest BCUT2D eigenvalue weighted by atomic mass is 32.1. The van der Waals surface area contributed by atoms with Gasteiger partial charge in [-0.05, 0) is 37.2 Å². The maximum absolute atomic E-state index is 12.7. The first-order valence-electron chi connectivity index (χ1n) is 8.07. The minimum Gasteiger partial charge on any atom is -0.495 e. The second-order valence-electron chi connectivity index (χ2n) is 5.90. The van der Waals surface area contributed by atoms with Crippen LogP contribution >= 0.6 is 23.6 Å². The van der Waals surface area contributed by atoms with Gasteiger partial charge in [0.25, 0.3) is 5.91 Å². The van der Waals surface area contributed by atoms with E-state index in [2.05, 4.69) is 5.32 Å². The van der Waals surface area contributed by atoms with Crippen LogP contribution < -0.4 is 15.8 Å². The van der Waals surface area contributed by atoms with Gasteiger partial charge in [-0.15, -0.1) is 0 Å². The van der Waals surface area contributed by atoms with E-state index in [1.807, 2.05) is 16.7 Å². The maximum Gasteiger partial charge on any atom is 0.269 e. The van der Waals surface area contributed by atoms with Crippen LogP contribution in [0.4, 0.5) is 11.5 Å². The SMILES string of the molecule is COc1ccccc1NC(=O)c1sc(=S)n(C2CCCCC2)c1N. The Morgan fingerprint density at radius 2 is 2.04 bits per heavy atom. The molecular weight excluding hydrogens is 342 g/mol. The number of hydrogen-bond donors (Lipinski definition) is 2. The predicted octanol–water partition coefficient (Wildman–Crippen LogP) is 4.63. The van der Waals surface area contributed by atoms with Crippen molar-refractivity contribution in [3.8, 4) is 5.75 Å². The number of hydrogen-bond acceptors (Lipinski definition) is 5. The largest absolute Gasteiger partial charge is 0.495 e. The van der Waals surface area contributed by atoms with Gasteiger partial charge < -0.3 is 20.4 Å². The molecule has 3 N–H and O–H groups in total. The summed E-state index contributed by atoms with van der Waals surface area (Å²) in [5.41, 5.74) is 6.89. The Morgan fingerprint density at radius 1 is 1.33 bits per heavy atom. The summed E-state index contributed by atoms with van der Waals surface area (Å²) in [6.07, 6.45) is 5.77. The molecule has 3 rings (SSSR count). The Hall–Kier alpha value is -1.86. The molecule has 0 unspecified atom stereocenters. The molecule has 1 aliphatic rings. The molecule has 5 nitrogen and oxygen atoms in total. The smallest absolute Gasteiger partial charge is 0.269 e. The normalized spacial score (nSPS) is 15.2. The summed E-state index contributed by atoms with van der Waals surface area (Å²) in [6, 6.07) is 7.61. The van der Waals surface area contributed by atoms with Gasteiger partial charge in [0.1, 0.15) is 16.4 Å². The molecule has 1 heterocycles. The van der Waals surface area contributed by atoms with Crippen LogP contribution in [0.5, 0.6) is 5.75 Å². The lowest BCUT2D eigenvalue weighted by Gasteiger charge is -2.24. The summed E-state index contributed by atoms with van der Waals surface area (Å²) in [5, 5.41) is 2.87. The molecule has 2 aromatic rings.